The number of fused-ring (bicyclic) bond motifs is 1. The van der Waals surface area contributed by atoms with Crippen molar-refractivity contribution in [3.05, 3.63) is 36.3 Å². The van der Waals surface area contributed by atoms with Gasteiger partial charge in [-0.25, -0.2) is 4.98 Å². The highest BCUT2D eigenvalue weighted by Crippen LogP contribution is 2.32. The van der Waals surface area contributed by atoms with Gasteiger partial charge in [-0.3, -0.25) is 10.1 Å². The monoisotopic (exact) mass is 257 g/mol. The van der Waals surface area contributed by atoms with Crippen molar-refractivity contribution in [2.75, 3.05) is 5.73 Å². The number of H-pyrrole nitrogens is 1. The summed E-state index contributed by atoms with van der Waals surface area (Å²) >= 11 is 1.48. The van der Waals surface area contributed by atoms with Crippen molar-refractivity contribution in [1.29, 1.82) is 0 Å². The summed E-state index contributed by atoms with van der Waals surface area (Å²) in [7, 11) is 0. The number of nitrogen functional groups attached to an aromatic ring is 1. The molecular formula is C12H11N5S. The lowest BCUT2D eigenvalue weighted by Gasteiger charge is -2.05. The number of benzene rings is 1. The summed E-state index contributed by atoms with van der Waals surface area (Å²) < 4.78 is 0. The number of rotatable bonds is 2. The Bertz CT molecular complexity index is 707. The van der Waals surface area contributed by atoms with Gasteiger partial charge < -0.3 is 5.73 Å². The first-order valence-corrected chi connectivity index (χ1v) is 6.26. The Kier molecular flexibility index (Phi) is 2.64. The van der Waals surface area contributed by atoms with Crippen LogP contribution in [0.2, 0.25) is 0 Å². The Morgan fingerprint density at radius 3 is 2.94 bits per heavy atom. The van der Waals surface area contributed by atoms with E-state index < -0.39 is 0 Å². The Morgan fingerprint density at radius 2 is 2.17 bits per heavy atom. The number of hydrogen-bond acceptors (Lipinski definition) is 5. The summed E-state index contributed by atoms with van der Waals surface area (Å²) in [5, 5.41) is 8.57. The Labute approximate surface area is 108 Å². The molecule has 2 heterocycles. The quantitative estimate of drug-likeness (QED) is 0.689. The number of nitrogens with two attached hydrogens (primary N) is 1. The van der Waals surface area contributed by atoms with E-state index in [1.807, 2.05) is 31.2 Å². The summed E-state index contributed by atoms with van der Waals surface area (Å²) in [6, 6.07) is 7.67. The largest absolute Gasteiger partial charge is 0.398 e. The third-order valence-corrected chi connectivity index (χ3v) is 3.46. The van der Waals surface area contributed by atoms with Crippen molar-refractivity contribution in [1.82, 2.24) is 20.2 Å². The molecule has 3 aromatic rings. The number of aromatic amines is 1. The van der Waals surface area contributed by atoms with Gasteiger partial charge in [0.2, 0.25) is 5.16 Å². The molecule has 0 spiro atoms. The number of aromatic nitrogens is 4. The lowest BCUT2D eigenvalue weighted by atomic mass is 10.2. The van der Waals surface area contributed by atoms with E-state index in [1.165, 1.54) is 11.8 Å². The molecule has 0 saturated heterocycles. The molecule has 0 aliphatic carbocycles. The Balaban J connectivity index is 2.09. The molecule has 0 bridgehead atoms. The lowest BCUT2D eigenvalue weighted by Crippen LogP contribution is -1.90. The smallest absolute Gasteiger partial charge is 0.213 e. The first-order valence-electron chi connectivity index (χ1n) is 5.44. The molecule has 0 saturated carbocycles. The van der Waals surface area contributed by atoms with Crippen LogP contribution in [0.5, 0.6) is 0 Å². The molecule has 0 atom stereocenters. The lowest BCUT2D eigenvalue weighted by molar-refractivity contribution is 0.970. The van der Waals surface area contributed by atoms with Crippen LogP contribution in [0.15, 0.2) is 40.5 Å². The fourth-order valence-corrected chi connectivity index (χ4v) is 2.58. The summed E-state index contributed by atoms with van der Waals surface area (Å²) in [5.41, 5.74) is 7.55. The zero-order valence-electron chi connectivity index (χ0n) is 9.71. The summed E-state index contributed by atoms with van der Waals surface area (Å²) in [6.07, 6.45) is 1.76. The first kappa shape index (κ1) is 11.0. The molecule has 0 amide bonds. The maximum Gasteiger partial charge on any atom is 0.213 e. The molecule has 90 valence electrons. The molecule has 3 N–H and O–H groups in total. The molecule has 0 unspecified atom stereocenters. The van der Waals surface area contributed by atoms with E-state index in [1.54, 1.807) is 6.20 Å². The zero-order chi connectivity index (χ0) is 12.5. The van der Waals surface area contributed by atoms with E-state index in [-0.39, 0.29) is 0 Å². The second-order valence-electron chi connectivity index (χ2n) is 3.86. The number of aryl methyl sites for hydroxylation is 1. The standard InChI is InChI=1S/C12H11N5S/c1-7-15-12(17-16-7)18-10-5-4-9(13)8-3-2-6-14-11(8)10/h2-6H,13H2,1H3,(H,15,16,17). The van der Waals surface area contributed by atoms with Crippen LogP contribution in [-0.4, -0.2) is 20.2 Å². The fraction of sp³-hybridized carbons (Fsp3) is 0.0833. The molecule has 0 aliphatic rings. The van der Waals surface area contributed by atoms with Gasteiger partial charge in [0.25, 0.3) is 0 Å². The molecule has 0 radical (unpaired) electrons. The SMILES string of the molecule is Cc1nc(Sc2ccc(N)c3cccnc23)n[nH]1. The minimum Gasteiger partial charge on any atom is -0.398 e. The average molecular weight is 257 g/mol. The third kappa shape index (κ3) is 1.91. The van der Waals surface area contributed by atoms with Crippen molar-refractivity contribution in [2.24, 2.45) is 0 Å². The highest BCUT2D eigenvalue weighted by atomic mass is 32.2. The van der Waals surface area contributed by atoms with E-state index in [9.17, 15) is 0 Å². The van der Waals surface area contributed by atoms with Crippen LogP contribution < -0.4 is 5.73 Å². The molecule has 0 aliphatic heterocycles. The summed E-state index contributed by atoms with van der Waals surface area (Å²) in [4.78, 5) is 9.65. The van der Waals surface area contributed by atoms with Crippen LogP contribution >= 0.6 is 11.8 Å². The van der Waals surface area contributed by atoms with Crippen LogP contribution in [0.25, 0.3) is 10.9 Å². The molecule has 0 fully saturated rings. The highest BCUT2D eigenvalue weighted by molar-refractivity contribution is 7.99. The van der Waals surface area contributed by atoms with E-state index in [4.69, 9.17) is 5.73 Å². The molecule has 5 nitrogen and oxygen atoms in total. The van der Waals surface area contributed by atoms with E-state index >= 15 is 0 Å². The normalized spacial score (nSPS) is 10.9. The van der Waals surface area contributed by atoms with Gasteiger partial charge >= 0.3 is 0 Å². The van der Waals surface area contributed by atoms with Gasteiger partial charge in [-0.05, 0) is 43.0 Å². The molecule has 2 aromatic heterocycles. The van der Waals surface area contributed by atoms with Gasteiger partial charge in [0, 0.05) is 22.2 Å². The topological polar surface area (TPSA) is 80.5 Å². The van der Waals surface area contributed by atoms with Crippen LogP contribution in [0, 0.1) is 6.92 Å². The van der Waals surface area contributed by atoms with Gasteiger partial charge in [-0.1, -0.05) is 0 Å². The first-order chi connectivity index (χ1) is 8.74. The second-order valence-corrected chi connectivity index (χ2v) is 4.87. The number of nitrogens with zero attached hydrogens (tertiary/aromatic N) is 3. The molecule has 6 heteroatoms. The van der Waals surface area contributed by atoms with Crippen molar-refractivity contribution >= 4 is 28.4 Å². The van der Waals surface area contributed by atoms with Gasteiger partial charge in [-0.2, -0.15) is 0 Å². The average Bonchev–Trinajstić information content (AvgIpc) is 2.79. The highest BCUT2D eigenvalue weighted by Gasteiger charge is 2.09. The van der Waals surface area contributed by atoms with E-state index in [2.05, 4.69) is 20.2 Å². The second kappa shape index (κ2) is 4.30. The Morgan fingerprint density at radius 1 is 1.28 bits per heavy atom. The van der Waals surface area contributed by atoms with Crippen molar-refractivity contribution < 1.29 is 0 Å². The summed E-state index contributed by atoms with van der Waals surface area (Å²) in [5.74, 6) is 0.796. The number of pyridine rings is 1. The van der Waals surface area contributed by atoms with Crippen LogP contribution in [-0.2, 0) is 0 Å². The minimum absolute atomic E-state index is 0.684. The zero-order valence-corrected chi connectivity index (χ0v) is 10.5. The molecule has 3 rings (SSSR count). The predicted octanol–water partition coefficient (Wildman–Crippen LogP) is 2.39. The molecular weight excluding hydrogens is 246 g/mol. The number of hydrogen-bond donors (Lipinski definition) is 2. The third-order valence-electron chi connectivity index (χ3n) is 2.54. The van der Waals surface area contributed by atoms with Gasteiger partial charge in [0.05, 0.1) is 5.52 Å². The summed E-state index contributed by atoms with van der Waals surface area (Å²) in [6.45, 7) is 1.87. The van der Waals surface area contributed by atoms with E-state index in [0.29, 0.717) is 5.16 Å². The van der Waals surface area contributed by atoms with Gasteiger partial charge in [0.1, 0.15) is 5.82 Å². The van der Waals surface area contributed by atoms with Gasteiger partial charge in [0.15, 0.2) is 0 Å². The van der Waals surface area contributed by atoms with Crippen LogP contribution in [0.3, 0.4) is 0 Å². The number of nitrogens with one attached hydrogen (secondary N) is 1. The van der Waals surface area contributed by atoms with Crippen LogP contribution in [0.1, 0.15) is 5.82 Å². The van der Waals surface area contributed by atoms with Crippen molar-refractivity contribution in [3.8, 4) is 0 Å². The van der Waals surface area contributed by atoms with Crippen LogP contribution in [0.4, 0.5) is 5.69 Å². The Hall–Kier alpha value is -2.08. The molecule has 18 heavy (non-hydrogen) atoms. The number of anilines is 1. The van der Waals surface area contributed by atoms with Crippen molar-refractivity contribution in [3.63, 3.8) is 0 Å². The maximum atomic E-state index is 5.94. The maximum absolute atomic E-state index is 5.94. The van der Waals surface area contributed by atoms with E-state index in [0.717, 1.165) is 27.3 Å². The predicted molar refractivity (Wildman–Crippen MR) is 71.4 cm³/mol. The fourth-order valence-electron chi connectivity index (χ4n) is 1.72. The van der Waals surface area contributed by atoms with Gasteiger partial charge in [-0.15, -0.1) is 5.10 Å². The molecule has 1 aromatic carbocycles. The van der Waals surface area contributed by atoms with Crippen molar-refractivity contribution in [2.45, 2.75) is 17.0 Å². The minimum atomic E-state index is 0.684.